The number of rotatable bonds is 7. The number of hydrogen-bond acceptors (Lipinski definition) is 3. The van der Waals surface area contributed by atoms with E-state index >= 15 is 0 Å². The number of likely N-dealkylation sites (tertiary alicyclic amines) is 1. The van der Waals surface area contributed by atoms with Gasteiger partial charge < -0.3 is 10.6 Å². The molecule has 4 nitrogen and oxygen atoms in total. The van der Waals surface area contributed by atoms with Crippen molar-refractivity contribution in [2.24, 2.45) is 17.8 Å². The summed E-state index contributed by atoms with van der Waals surface area (Å²) in [6, 6.07) is 0.593. The first kappa shape index (κ1) is 17.4. The third-order valence-corrected chi connectivity index (χ3v) is 4.12. The highest BCUT2D eigenvalue weighted by Gasteiger charge is 2.28. The summed E-state index contributed by atoms with van der Waals surface area (Å²) in [6.07, 6.45) is 1.28. The van der Waals surface area contributed by atoms with E-state index in [4.69, 9.17) is 0 Å². The van der Waals surface area contributed by atoms with E-state index in [0.29, 0.717) is 12.0 Å². The van der Waals surface area contributed by atoms with Crippen LogP contribution >= 0.6 is 0 Å². The van der Waals surface area contributed by atoms with Crippen molar-refractivity contribution >= 4 is 5.91 Å². The van der Waals surface area contributed by atoms with Crippen LogP contribution in [0.3, 0.4) is 0 Å². The van der Waals surface area contributed by atoms with Gasteiger partial charge >= 0.3 is 0 Å². The van der Waals surface area contributed by atoms with Crippen LogP contribution in [0.2, 0.25) is 0 Å². The van der Waals surface area contributed by atoms with Crippen LogP contribution in [0, 0.1) is 17.8 Å². The van der Waals surface area contributed by atoms with Gasteiger partial charge in [0.05, 0.1) is 0 Å². The molecule has 4 heteroatoms. The lowest BCUT2D eigenvalue weighted by molar-refractivity contribution is -0.119. The number of piperidine rings is 1. The number of carbonyl (C=O) groups excluding carboxylic acids is 1. The van der Waals surface area contributed by atoms with Crippen LogP contribution in [0.15, 0.2) is 0 Å². The van der Waals surface area contributed by atoms with Crippen molar-refractivity contribution in [1.82, 2.24) is 15.5 Å². The normalized spacial score (nSPS) is 24.4. The van der Waals surface area contributed by atoms with Gasteiger partial charge in [0.15, 0.2) is 0 Å². The third-order valence-electron chi connectivity index (χ3n) is 4.12. The van der Waals surface area contributed by atoms with E-state index < -0.39 is 0 Å². The van der Waals surface area contributed by atoms with E-state index in [1.165, 1.54) is 6.42 Å². The van der Waals surface area contributed by atoms with Gasteiger partial charge in [-0.25, -0.2) is 0 Å². The fourth-order valence-electron chi connectivity index (χ4n) is 2.84. The predicted molar refractivity (Wildman–Crippen MR) is 84.7 cm³/mol. The van der Waals surface area contributed by atoms with Gasteiger partial charge in [-0.05, 0) is 30.7 Å². The lowest BCUT2D eigenvalue weighted by atomic mass is 9.85. The van der Waals surface area contributed by atoms with Crippen LogP contribution < -0.4 is 10.6 Å². The van der Waals surface area contributed by atoms with Gasteiger partial charge in [0.2, 0.25) is 5.91 Å². The Bertz CT molecular complexity index is 291. The molecule has 1 aliphatic heterocycles. The van der Waals surface area contributed by atoms with Gasteiger partial charge in [-0.3, -0.25) is 9.69 Å². The Morgan fingerprint density at radius 3 is 2.50 bits per heavy atom. The topological polar surface area (TPSA) is 44.4 Å². The predicted octanol–water partition coefficient (Wildman–Crippen LogP) is 1.71. The van der Waals surface area contributed by atoms with Gasteiger partial charge in [0.25, 0.3) is 0 Å². The van der Waals surface area contributed by atoms with Gasteiger partial charge in [-0.2, -0.15) is 0 Å². The third kappa shape index (κ3) is 6.71. The molecule has 118 valence electrons. The summed E-state index contributed by atoms with van der Waals surface area (Å²) in [6.45, 7) is 15.8. The largest absolute Gasteiger partial charge is 0.355 e. The molecule has 1 amide bonds. The SMILES string of the molecule is CC(=O)NCCN1CC(NCC(C)C)CC(C(C)C)C1. The number of hydrogen-bond donors (Lipinski definition) is 2. The Morgan fingerprint density at radius 2 is 1.95 bits per heavy atom. The Labute approximate surface area is 124 Å². The van der Waals surface area contributed by atoms with Crippen molar-refractivity contribution in [3.63, 3.8) is 0 Å². The highest BCUT2D eigenvalue weighted by atomic mass is 16.1. The second-order valence-electron chi connectivity index (χ2n) is 6.98. The van der Waals surface area contributed by atoms with Crippen LogP contribution in [0.4, 0.5) is 0 Å². The minimum atomic E-state index is 0.0666. The average Bonchev–Trinajstić information content (AvgIpc) is 2.35. The molecule has 0 bridgehead atoms. The van der Waals surface area contributed by atoms with E-state index in [0.717, 1.165) is 44.6 Å². The first-order valence-electron chi connectivity index (χ1n) is 8.08. The molecule has 0 radical (unpaired) electrons. The lowest BCUT2D eigenvalue weighted by Gasteiger charge is -2.40. The van der Waals surface area contributed by atoms with Crippen LogP contribution in [0.1, 0.15) is 41.0 Å². The maximum absolute atomic E-state index is 11.0. The van der Waals surface area contributed by atoms with Gasteiger partial charge in [-0.1, -0.05) is 27.7 Å². The summed E-state index contributed by atoms with van der Waals surface area (Å²) >= 11 is 0. The highest BCUT2D eigenvalue weighted by molar-refractivity contribution is 5.72. The lowest BCUT2D eigenvalue weighted by Crippen LogP contribution is -2.52. The Morgan fingerprint density at radius 1 is 1.25 bits per heavy atom. The first-order valence-corrected chi connectivity index (χ1v) is 8.08. The standard InChI is InChI=1S/C16H33N3O/c1-12(2)9-18-16-8-15(13(3)4)10-19(11-16)7-6-17-14(5)20/h12-13,15-16,18H,6-11H2,1-5H3,(H,17,20). The molecule has 1 heterocycles. The molecular formula is C16H33N3O. The molecule has 0 aliphatic carbocycles. The molecule has 2 N–H and O–H groups in total. The molecule has 1 fully saturated rings. The summed E-state index contributed by atoms with van der Waals surface area (Å²) < 4.78 is 0. The fraction of sp³-hybridized carbons (Fsp3) is 0.938. The molecule has 1 rings (SSSR count). The van der Waals surface area contributed by atoms with E-state index in [1.54, 1.807) is 6.92 Å². The van der Waals surface area contributed by atoms with Crippen LogP contribution in [0.25, 0.3) is 0 Å². The Hall–Kier alpha value is -0.610. The van der Waals surface area contributed by atoms with Crippen molar-refractivity contribution in [3.8, 4) is 0 Å². The summed E-state index contributed by atoms with van der Waals surface area (Å²) in [5, 5.41) is 6.61. The van der Waals surface area contributed by atoms with Crippen molar-refractivity contribution < 1.29 is 4.79 Å². The van der Waals surface area contributed by atoms with E-state index in [-0.39, 0.29) is 5.91 Å². The maximum Gasteiger partial charge on any atom is 0.216 e. The molecule has 0 aromatic carbocycles. The average molecular weight is 283 g/mol. The van der Waals surface area contributed by atoms with Crippen molar-refractivity contribution in [2.45, 2.75) is 47.1 Å². The molecular weight excluding hydrogens is 250 g/mol. The van der Waals surface area contributed by atoms with E-state index in [2.05, 4.69) is 43.2 Å². The number of amides is 1. The monoisotopic (exact) mass is 283 g/mol. The second-order valence-corrected chi connectivity index (χ2v) is 6.98. The molecule has 1 saturated heterocycles. The quantitative estimate of drug-likeness (QED) is 0.748. The molecule has 1 aliphatic rings. The first-order chi connectivity index (χ1) is 9.38. The second kappa shape index (κ2) is 8.63. The van der Waals surface area contributed by atoms with E-state index in [9.17, 15) is 4.79 Å². The van der Waals surface area contributed by atoms with Crippen LogP contribution in [-0.2, 0) is 4.79 Å². The number of nitrogens with one attached hydrogen (secondary N) is 2. The number of carbonyl (C=O) groups is 1. The molecule has 2 atom stereocenters. The van der Waals surface area contributed by atoms with Crippen molar-refractivity contribution in [2.75, 3.05) is 32.7 Å². The summed E-state index contributed by atoms with van der Waals surface area (Å²) in [5.41, 5.74) is 0. The highest BCUT2D eigenvalue weighted by Crippen LogP contribution is 2.23. The van der Waals surface area contributed by atoms with Crippen molar-refractivity contribution in [3.05, 3.63) is 0 Å². The molecule has 0 saturated carbocycles. The summed E-state index contributed by atoms with van der Waals surface area (Å²) in [7, 11) is 0. The van der Waals surface area contributed by atoms with Crippen molar-refractivity contribution in [1.29, 1.82) is 0 Å². The zero-order chi connectivity index (χ0) is 15.1. The van der Waals surface area contributed by atoms with Gasteiger partial charge in [-0.15, -0.1) is 0 Å². The molecule has 20 heavy (non-hydrogen) atoms. The smallest absolute Gasteiger partial charge is 0.216 e. The van der Waals surface area contributed by atoms with Gasteiger partial charge in [0.1, 0.15) is 0 Å². The fourth-order valence-corrected chi connectivity index (χ4v) is 2.84. The number of nitrogens with zero attached hydrogens (tertiary/aromatic N) is 1. The minimum absolute atomic E-state index is 0.0666. The molecule has 0 aromatic heterocycles. The molecule has 0 spiro atoms. The van der Waals surface area contributed by atoms with Gasteiger partial charge in [0, 0.05) is 39.1 Å². The molecule has 2 unspecified atom stereocenters. The zero-order valence-electron chi connectivity index (χ0n) is 13.9. The van der Waals surface area contributed by atoms with E-state index in [1.807, 2.05) is 0 Å². The summed E-state index contributed by atoms with van der Waals surface area (Å²) in [4.78, 5) is 13.5. The Balaban J connectivity index is 2.45. The Kier molecular flexibility index (Phi) is 7.52. The molecule has 0 aromatic rings. The van der Waals surface area contributed by atoms with Crippen LogP contribution in [0.5, 0.6) is 0 Å². The minimum Gasteiger partial charge on any atom is -0.355 e. The van der Waals surface area contributed by atoms with Crippen LogP contribution in [-0.4, -0.2) is 49.6 Å². The zero-order valence-corrected chi connectivity index (χ0v) is 13.9. The summed E-state index contributed by atoms with van der Waals surface area (Å²) in [5.74, 6) is 2.24. The maximum atomic E-state index is 11.0.